The van der Waals surface area contributed by atoms with E-state index in [4.69, 9.17) is 27.6 Å². The van der Waals surface area contributed by atoms with Crippen molar-refractivity contribution in [1.29, 1.82) is 0 Å². The van der Waals surface area contributed by atoms with E-state index in [0.717, 1.165) is 5.56 Å². The molecule has 0 radical (unpaired) electrons. The van der Waals surface area contributed by atoms with E-state index in [2.05, 4.69) is 15.9 Å². The highest BCUT2D eigenvalue weighted by Crippen LogP contribution is 2.34. The van der Waals surface area contributed by atoms with Crippen LogP contribution in [0.3, 0.4) is 0 Å². The minimum Gasteiger partial charge on any atom is -0.469 e. The van der Waals surface area contributed by atoms with Crippen LogP contribution in [0, 0.1) is 6.92 Å². The number of hydrogen-bond acceptors (Lipinski definition) is 3. The molecule has 2 aromatic rings. The van der Waals surface area contributed by atoms with Crippen LogP contribution >= 0.6 is 39.1 Å². The molecule has 21 heavy (non-hydrogen) atoms. The highest BCUT2D eigenvalue weighted by Gasteiger charge is 2.27. The third kappa shape index (κ3) is 3.46. The Hall–Kier alpha value is -0.530. The van der Waals surface area contributed by atoms with Crippen molar-refractivity contribution in [2.75, 3.05) is 7.05 Å². The second-order valence-corrected chi connectivity index (χ2v) is 8.17. The van der Waals surface area contributed by atoms with Gasteiger partial charge in [0, 0.05) is 23.6 Å². The second kappa shape index (κ2) is 6.30. The number of sulfonamides is 1. The highest BCUT2D eigenvalue weighted by atomic mass is 79.9. The molecule has 2 rings (SSSR count). The molecule has 0 unspecified atom stereocenters. The Balaban J connectivity index is 2.40. The monoisotopic (exact) mass is 411 g/mol. The Labute approximate surface area is 141 Å². The Morgan fingerprint density at radius 2 is 1.86 bits per heavy atom. The molecule has 114 valence electrons. The summed E-state index contributed by atoms with van der Waals surface area (Å²) in [6.45, 7) is 1.95. The summed E-state index contributed by atoms with van der Waals surface area (Å²) < 4.78 is 32.2. The predicted octanol–water partition coefficient (Wildman–Crippen LogP) is 4.48. The number of aryl methyl sites for hydroxylation is 1. The van der Waals surface area contributed by atoms with Gasteiger partial charge in [0.05, 0.1) is 16.3 Å². The van der Waals surface area contributed by atoms with Crippen LogP contribution in [-0.4, -0.2) is 19.8 Å². The lowest BCUT2D eigenvalue weighted by atomic mass is 10.3. The first-order chi connectivity index (χ1) is 9.73. The molecule has 0 fully saturated rings. The first kappa shape index (κ1) is 16.8. The summed E-state index contributed by atoms with van der Waals surface area (Å²) in [7, 11) is -2.33. The predicted molar refractivity (Wildman–Crippen MR) is 86.3 cm³/mol. The van der Waals surface area contributed by atoms with E-state index in [1.54, 1.807) is 13.0 Å². The van der Waals surface area contributed by atoms with Gasteiger partial charge >= 0.3 is 0 Å². The average Bonchev–Trinajstić information content (AvgIpc) is 2.73. The summed E-state index contributed by atoms with van der Waals surface area (Å²) in [6.07, 6.45) is 1.52. The third-order valence-corrected chi connectivity index (χ3v) is 6.17. The summed E-state index contributed by atoms with van der Waals surface area (Å²) in [4.78, 5) is -0.0994. The van der Waals surface area contributed by atoms with E-state index in [1.165, 1.54) is 29.7 Å². The van der Waals surface area contributed by atoms with Gasteiger partial charge in [-0.2, -0.15) is 4.31 Å². The van der Waals surface area contributed by atoms with Gasteiger partial charge in [0.15, 0.2) is 0 Å². The topological polar surface area (TPSA) is 50.5 Å². The third-order valence-electron chi connectivity index (χ3n) is 2.99. The summed E-state index contributed by atoms with van der Waals surface area (Å²) >= 11 is 15.3. The van der Waals surface area contributed by atoms with Gasteiger partial charge in [-0.15, -0.1) is 0 Å². The Morgan fingerprint density at radius 1 is 1.29 bits per heavy atom. The number of hydrogen-bond donors (Lipinski definition) is 0. The number of nitrogens with zero attached hydrogens (tertiary/aromatic N) is 1. The molecule has 1 heterocycles. The molecule has 0 spiro atoms. The van der Waals surface area contributed by atoms with Gasteiger partial charge in [-0.05, 0) is 25.1 Å². The quantitative estimate of drug-likeness (QED) is 0.743. The maximum atomic E-state index is 12.6. The van der Waals surface area contributed by atoms with E-state index >= 15 is 0 Å². The number of furan rings is 1. The van der Waals surface area contributed by atoms with Crippen LogP contribution in [0.4, 0.5) is 0 Å². The van der Waals surface area contributed by atoms with E-state index in [-0.39, 0.29) is 21.5 Å². The summed E-state index contributed by atoms with van der Waals surface area (Å²) in [5, 5.41) is 0.148. The normalized spacial score (nSPS) is 12.1. The summed E-state index contributed by atoms with van der Waals surface area (Å²) in [5.74, 6) is 0.671. The van der Waals surface area contributed by atoms with Crippen molar-refractivity contribution in [3.63, 3.8) is 0 Å². The van der Waals surface area contributed by atoms with E-state index in [1.807, 2.05) is 0 Å². The second-order valence-electron chi connectivity index (χ2n) is 4.46. The Kier molecular flexibility index (Phi) is 5.05. The molecule has 0 aliphatic carbocycles. The molecule has 0 aliphatic rings. The Morgan fingerprint density at radius 3 is 2.33 bits per heavy atom. The molecule has 1 aromatic carbocycles. The van der Waals surface area contributed by atoms with Crippen LogP contribution in [0.25, 0.3) is 0 Å². The van der Waals surface area contributed by atoms with Crippen molar-refractivity contribution in [3.05, 3.63) is 50.3 Å². The highest BCUT2D eigenvalue weighted by molar-refractivity contribution is 9.10. The largest absolute Gasteiger partial charge is 0.469 e. The molecule has 0 aliphatic heterocycles. The van der Waals surface area contributed by atoms with Crippen LogP contribution < -0.4 is 0 Å². The van der Waals surface area contributed by atoms with Crippen molar-refractivity contribution in [2.45, 2.75) is 18.4 Å². The van der Waals surface area contributed by atoms with Gasteiger partial charge < -0.3 is 4.42 Å². The van der Waals surface area contributed by atoms with Gasteiger partial charge in [-0.1, -0.05) is 39.1 Å². The minimum atomic E-state index is -3.80. The fourth-order valence-electron chi connectivity index (χ4n) is 1.83. The molecule has 4 nitrogen and oxygen atoms in total. The number of benzene rings is 1. The smallest absolute Gasteiger partial charge is 0.246 e. The molecular weight excluding hydrogens is 401 g/mol. The van der Waals surface area contributed by atoms with Crippen molar-refractivity contribution < 1.29 is 12.8 Å². The fraction of sp³-hybridized carbons (Fsp3) is 0.231. The zero-order valence-corrected chi connectivity index (χ0v) is 15.1. The maximum Gasteiger partial charge on any atom is 0.246 e. The zero-order valence-electron chi connectivity index (χ0n) is 11.2. The molecule has 0 amide bonds. The summed E-state index contributed by atoms with van der Waals surface area (Å²) in [5.41, 5.74) is 0.783. The fourth-order valence-corrected chi connectivity index (χ4v) is 4.86. The van der Waals surface area contributed by atoms with Gasteiger partial charge in [0.25, 0.3) is 0 Å². The van der Waals surface area contributed by atoms with Gasteiger partial charge in [0.2, 0.25) is 10.0 Å². The Bertz CT molecular complexity index is 750. The van der Waals surface area contributed by atoms with E-state index in [0.29, 0.717) is 10.2 Å². The molecule has 1 aromatic heterocycles. The standard InChI is InChI=1S/C13H12BrCl2NO3S/c1-8-9(3-4-20-8)7-17(2)21(18,19)13-11(15)5-10(14)6-12(13)16/h3-6H,7H2,1-2H3. The molecule has 8 heteroatoms. The lowest BCUT2D eigenvalue weighted by Crippen LogP contribution is -2.27. The minimum absolute atomic E-state index is 0.0742. The van der Waals surface area contributed by atoms with Gasteiger partial charge in [-0.25, -0.2) is 8.42 Å². The SMILES string of the molecule is Cc1occc1CN(C)S(=O)(=O)c1c(Cl)cc(Br)cc1Cl. The lowest BCUT2D eigenvalue weighted by Gasteiger charge is -2.18. The van der Waals surface area contributed by atoms with Crippen LogP contribution in [0.5, 0.6) is 0 Å². The van der Waals surface area contributed by atoms with Crippen molar-refractivity contribution >= 4 is 49.2 Å². The number of halogens is 3. The van der Waals surface area contributed by atoms with E-state index < -0.39 is 10.0 Å². The lowest BCUT2D eigenvalue weighted by molar-refractivity contribution is 0.459. The van der Waals surface area contributed by atoms with Gasteiger partial charge in [0.1, 0.15) is 10.7 Å². The molecule has 0 bridgehead atoms. The maximum absolute atomic E-state index is 12.6. The van der Waals surface area contributed by atoms with Crippen molar-refractivity contribution in [2.24, 2.45) is 0 Å². The molecule has 0 N–H and O–H groups in total. The van der Waals surface area contributed by atoms with Crippen LogP contribution in [0.2, 0.25) is 10.0 Å². The summed E-state index contributed by atoms with van der Waals surface area (Å²) in [6, 6.07) is 4.72. The first-order valence-electron chi connectivity index (χ1n) is 5.87. The molecule has 0 saturated heterocycles. The van der Waals surface area contributed by atoms with Crippen LogP contribution in [0.1, 0.15) is 11.3 Å². The van der Waals surface area contributed by atoms with Crippen molar-refractivity contribution in [1.82, 2.24) is 4.31 Å². The van der Waals surface area contributed by atoms with Crippen LogP contribution in [0.15, 0.2) is 38.2 Å². The average molecular weight is 413 g/mol. The van der Waals surface area contributed by atoms with E-state index in [9.17, 15) is 8.42 Å². The zero-order chi connectivity index (χ0) is 15.8. The number of rotatable bonds is 4. The molecular formula is C13H12BrCl2NO3S. The van der Waals surface area contributed by atoms with Gasteiger partial charge in [-0.3, -0.25) is 0 Å². The first-order valence-corrected chi connectivity index (χ1v) is 8.86. The molecule has 0 atom stereocenters. The van der Waals surface area contributed by atoms with Crippen LogP contribution in [-0.2, 0) is 16.6 Å². The molecule has 0 saturated carbocycles. The van der Waals surface area contributed by atoms with Crippen molar-refractivity contribution in [3.8, 4) is 0 Å².